The zero-order chi connectivity index (χ0) is 18.4. The van der Waals surface area contributed by atoms with Crippen LogP contribution in [0.25, 0.3) is 11.0 Å². The molecule has 3 aromatic heterocycles. The molecule has 1 atom stereocenters. The highest BCUT2D eigenvalue weighted by atomic mass is 15.3. The minimum absolute atomic E-state index is 0.195. The number of aryl methyl sites for hydroxylation is 2. The van der Waals surface area contributed by atoms with Crippen LogP contribution in [0, 0.1) is 12.8 Å². The predicted octanol–water partition coefficient (Wildman–Crippen LogP) is 4.29. The van der Waals surface area contributed by atoms with Crippen LogP contribution in [0.5, 0.6) is 0 Å². The highest BCUT2D eigenvalue weighted by Crippen LogP contribution is 2.44. The van der Waals surface area contributed by atoms with Crippen molar-refractivity contribution in [3.63, 3.8) is 0 Å². The van der Waals surface area contributed by atoms with Gasteiger partial charge in [0.2, 0.25) is 0 Å². The van der Waals surface area contributed by atoms with Crippen molar-refractivity contribution >= 4 is 16.9 Å². The molecule has 3 aromatic rings. The predicted molar refractivity (Wildman–Crippen MR) is 106 cm³/mol. The lowest BCUT2D eigenvalue weighted by molar-refractivity contribution is 0.641. The summed E-state index contributed by atoms with van der Waals surface area (Å²) in [5.74, 6) is 2.98. The lowest BCUT2D eigenvalue weighted by Gasteiger charge is -2.21. The summed E-state index contributed by atoms with van der Waals surface area (Å²) >= 11 is 0. The first kappa shape index (κ1) is 16.7. The van der Waals surface area contributed by atoms with Crippen molar-refractivity contribution in [3.05, 3.63) is 41.6 Å². The van der Waals surface area contributed by atoms with E-state index in [1.807, 2.05) is 30.2 Å². The van der Waals surface area contributed by atoms with Crippen molar-refractivity contribution in [2.75, 3.05) is 5.32 Å². The van der Waals surface area contributed by atoms with Gasteiger partial charge in [0.25, 0.3) is 0 Å². The first-order valence-corrected chi connectivity index (χ1v) is 10.1. The molecule has 0 unspecified atom stereocenters. The Bertz CT molecular complexity index is 968. The minimum atomic E-state index is 0.195. The molecule has 2 aliphatic rings. The van der Waals surface area contributed by atoms with E-state index in [0.29, 0.717) is 11.8 Å². The van der Waals surface area contributed by atoms with Gasteiger partial charge in [0, 0.05) is 19.2 Å². The summed E-state index contributed by atoms with van der Waals surface area (Å²) in [6.45, 7) is 2.14. The van der Waals surface area contributed by atoms with Crippen molar-refractivity contribution in [3.8, 4) is 0 Å². The van der Waals surface area contributed by atoms with E-state index in [9.17, 15) is 0 Å². The van der Waals surface area contributed by atoms with E-state index in [1.165, 1.54) is 44.1 Å². The second-order valence-corrected chi connectivity index (χ2v) is 8.08. The normalized spacial score (nSPS) is 18.9. The highest BCUT2D eigenvalue weighted by Gasteiger charge is 2.35. The molecule has 0 radical (unpaired) electrons. The Morgan fingerprint density at radius 1 is 1.15 bits per heavy atom. The largest absolute Gasteiger partial charge is 0.361 e. The number of rotatable bonds is 5. The Morgan fingerprint density at radius 3 is 2.70 bits per heavy atom. The fraction of sp³-hybridized carbons (Fsp3) is 0.524. The molecule has 0 aliphatic heterocycles. The van der Waals surface area contributed by atoms with Crippen LogP contribution in [0.4, 0.5) is 5.82 Å². The van der Waals surface area contributed by atoms with Gasteiger partial charge in [-0.1, -0.05) is 18.9 Å². The Balaban J connectivity index is 1.57. The summed E-state index contributed by atoms with van der Waals surface area (Å²) in [6, 6.07) is 4.34. The van der Waals surface area contributed by atoms with Crippen molar-refractivity contribution in [1.82, 2.24) is 24.7 Å². The number of nitrogens with zero attached hydrogens (tertiary/aromatic N) is 5. The van der Waals surface area contributed by atoms with Gasteiger partial charge < -0.3 is 5.32 Å². The van der Waals surface area contributed by atoms with Crippen LogP contribution < -0.4 is 5.32 Å². The van der Waals surface area contributed by atoms with Crippen molar-refractivity contribution in [1.29, 1.82) is 0 Å². The molecule has 0 saturated heterocycles. The number of hydrogen-bond donors (Lipinski definition) is 1. The first-order chi connectivity index (χ1) is 13.2. The molecule has 0 bridgehead atoms. The zero-order valence-electron chi connectivity index (χ0n) is 16.0. The van der Waals surface area contributed by atoms with E-state index >= 15 is 0 Å². The van der Waals surface area contributed by atoms with Gasteiger partial charge in [-0.15, -0.1) is 0 Å². The van der Waals surface area contributed by atoms with Crippen molar-refractivity contribution < 1.29 is 0 Å². The molecule has 0 spiro atoms. The van der Waals surface area contributed by atoms with Crippen molar-refractivity contribution in [2.45, 2.75) is 57.4 Å². The molecule has 3 heterocycles. The van der Waals surface area contributed by atoms with E-state index in [2.05, 4.69) is 23.4 Å². The van der Waals surface area contributed by atoms with Crippen LogP contribution in [0.1, 0.15) is 67.6 Å². The molecule has 2 fully saturated rings. The molecular formula is C21H26N6. The Morgan fingerprint density at radius 2 is 1.96 bits per heavy atom. The van der Waals surface area contributed by atoms with Gasteiger partial charge in [0.15, 0.2) is 5.65 Å². The highest BCUT2D eigenvalue weighted by molar-refractivity contribution is 5.86. The summed E-state index contributed by atoms with van der Waals surface area (Å²) in [5.41, 5.74) is 3.29. The maximum Gasteiger partial charge on any atom is 0.163 e. The molecule has 0 amide bonds. The van der Waals surface area contributed by atoms with Crippen molar-refractivity contribution in [2.24, 2.45) is 13.0 Å². The van der Waals surface area contributed by atoms with Gasteiger partial charge in [-0.25, -0.2) is 9.97 Å². The Kier molecular flexibility index (Phi) is 4.06. The van der Waals surface area contributed by atoms with Gasteiger partial charge >= 0.3 is 0 Å². The fourth-order valence-corrected chi connectivity index (χ4v) is 4.33. The van der Waals surface area contributed by atoms with Gasteiger partial charge in [0.05, 0.1) is 23.3 Å². The monoisotopic (exact) mass is 362 g/mol. The van der Waals surface area contributed by atoms with Gasteiger partial charge in [0.1, 0.15) is 11.6 Å². The van der Waals surface area contributed by atoms with Gasteiger partial charge in [-0.2, -0.15) is 5.10 Å². The topological polar surface area (TPSA) is 68.5 Å². The number of pyridine rings is 1. The molecule has 2 aliphatic carbocycles. The summed E-state index contributed by atoms with van der Waals surface area (Å²) in [4.78, 5) is 14.6. The average molecular weight is 362 g/mol. The third kappa shape index (κ3) is 3.07. The third-order valence-electron chi connectivity index (χ3n) is 6.06. The molecule has 6 nitrogen and oxygen atoms in total. The lowest BCUT2D eigenvalue weighted by atomic mass is 10.0. The molecular weight excluding hydrogens is 336 g/mol. The van der Waals surface area contributed by atoms with Gasteiger partial charge in [-0.3, -0.25) is 9.67 Å². The summed E-state index contributed by atoms with van der Waals surface area (Å²) in [5, 5.41) is 9.19. The smallest absolute Gasteiger partial charge is 0.163 e. The number of nitrogens with one attached hydrogen (secondary N) is 1. The van der Waals surface area contributed by atoms with Crippen LogP contribution in [0.15, 0.2) is 24.5 Å². The Labute approximate surface area is 159 Å². The quantitative estimate of drug-likeness (QED) is 0.733. The minimum Gasteiger partial charge on any atom is -0.361 e. The van der Waals surface area contributed by atoms with E-state index in [0.717, 1.165) is 28.4 Å². The first-order valence-electron chi connectivity index (χ1n) is 10.1. The number of anilines is 1. The standard InChI is InChI=1S/C21H26N6/c1-13-6-5-11-22-17(13)18(14-9-10-14)24-20-16-12-23-27(2)21(16)26-19(25-20)15-7-3-4-8-15/h5-6,11-12,14-15,18H,3-4,7-10H2,1-2H3,(H,24,25,26)/t18-/m1/s1. The molecule has 140 valence electrons. The summed E-state index contributed by atoms with van der Waals surface area (Å²) in [7, 11) is 1.96. The van der Waals surface area contributed by atoms with E-state index in [-0.39, 0.29) is 6.04 Å². The maximum atomic E-state index is 5.00. The molecule has 27 heavy (non-hydrogen) atoms. The average Bonchev–Trinajstić information content (AvgIpc) is 3.22. The fourth-order valence-electron chi connectivity index (χ4n) is 4.33. The second kappa shape index (κ2) is 6.59. The number of aromatic nitrogens is 5. The molecule has 2 saturated carbocycles. The Hall–Kier alpha value is -2.50. The summed E-state index contributed by atoms with van der Waals surface area (Å²) < 4.78 is 1.86. The summed E-state index contributed by atoms with van der Waals surface area (Å²) in [6.07, 6.45) is 11.2. The zero-order valence-corrected chi connectivity index (χ0v) is 16.0. The molecule has 0 aromatic carbocycles. The van der Waals surface area contributed by atoms with Crippen LogP contribution in [-0.4, -0.2) is 24.7 Å². The van der Waals surface area contributed by atoms with E-state index < -0.39 is 0 Å². The number of fused-ring (bicyclic) bond motifs is 1. The van der Waals surface area contributed by atoms with Crippen LogP contribution >= 0.6 is 0 Å². The van der Waals surface area contributed by atoms with Crippen LogP contribution in [-0.2, 0) is 7.05 Å². The van der Waals surface area contributed by atoms with Gasteiger partial charge in [-0.05, 0) is 50.2 Å². The van der Waals surface area contributed by atoms with E-state index in [1.54, 1.807) is 0 Å². The van der Waals surface area contributed by atoms with E-state index in [4.69, 9.17) is 15.0 Å². The number of hydrogen-bond acceptors (Lipinski definition) is 5. The van der Waals surface area contributed by atoms with Crippen LogP contribution in [0.3, 0.4) is 0 Å². The molecule has 1 N–H and O–H groups in total. The maximum absolute atomic E-state index is 5.00. The second-order valence-electron chi connectivity index (χ2n) is 8.08. The molecule has 6 heteroatoms. The molecule has 5 rings (SSSR count). The lowest BCUT2D eigenvalue weighted by Crippen LogP contribution is -2.18. The van der Waals surface area contributed by atoms with Crippen LogP contribution in [0.2, 0.25) is 0 Å². The SMILES string of the molecule is Cc1cccnc1[C@H](Nc1nc(C2CCCC2)nc2c1cnn2C)C1CC1. The third-order valence-corrected chi connectivity index (χ3v) is 6.06.